The second-order valence-corrected chi connectivity index (χ2v) is 9.15. The molecule has 172 valence electrons. The Morgan fingerprint density at radius 3 is 2.70 bits per heavy atom. The Hall–Kier alpha value is -3.53. The van der Waals surface area contributed by atoms with Crippen LogP contribution in [-0.4, -0.2) is 48.7 Å². The van der Waals surface area contributed by atoms with Crippen LogP contribution in [0.25, 0.3) is 11.3 Å². The highest BCUT2D eigenvalue weighted by atomic mass is 35.5. The van der Waals surface area contributed by atoms with Crippen LogP contribution in [0.3, 0.4) is 0 Å². The highest BCUT2D eigenvalue weighted by Gasteiger charge is 2.29. The van der Waals surface area contributed by atoms with Crippen LogP contribution in [0.2, 0.25) is 5.28 Å². The van der Waals surface area contributed by atoms with Gasteiger partial charge in [-0.25, -0.2) is 14.8 Å². The van der Waals surface area contributed by atoms with Gasteiger partial charge in [-0.1, -0.05) is 38.1 Å². The number of halogens is 1. The number of amides is 2. The van der Waals surface area contributed by atoms with Crippen molar-refractivity contribution in [2.75, 3.05) is 6.54 Å². The maximum atomic E-state index is 12.9. The summed E-state index contributed by atoms with van der Waals surface area (Å²) in [4.78, 5) is 38.2. The minimum atomic E-state index is -1.03. The van der Waals surface area contributed by atoms with Crippen LogP contribution in [0.5, 0.6) is 0 Å². The molecule has 3 aromatic rings. The van der Waals surface area contributed by atoms with Crippen LogP contribution < -0.4 is 5.32 Å². The normalized spacial score (nSPS) is 16.1. The zero-order valence-corrected chi connectivity index (χ0v) is 19.1. The van der Waals surface area contributed by atoms with Gasteiger partial charge in [-0.15, -0.1) is 0 Å². The molecule has 3 heterocycles. The standard InChI is InChI=1S/C22H23ClN6O4/c1-22(2,3)19-27-17(28-33-19)18(30)25-16-7-9-29(21(31)32)11-13-10-12(4-5-14(13)16)15-6-8-24-20(23)26-15/h4-6,8,10,16H,7,9,11H2,1-3H3,(H,25,30)(H,31,32)/t16-/m1/s1. The molecule has 2 N–H and O–H groups in total. The number of rotatable bonds is 3. The van der Waals surface area contributed by atoms with E-state index in [1.54, 1.807) is 12.3 Å². The quantitative estimate of drug-likeness (QED) is 0.551. The summed E-state index contributed by atoms with van der Waals surface area (Å²) < 4.78 is 5.23. The van der Waals surface area contributed by atoms with Crippen molar-refractivity contribution in [2.45, 2.75) is 45.2 Å². The number of hydrogen-bond donors (Lipinski definition) is 2. The van der Waals surface area contributed by atoms with E-state index >= 15 is 0 Å². The smallest absolute Gasteiger partial charge is 0.407 e. The Morgan fingerprint density at radius 2 is 2.03 bits per heavy atom. The molecule has 0 unspecified atom stereocenters. The van der Waals surface area contributed by atoms with Gasteiger partial charge < -0.3 is 19.8 Å². The van der Waals surface area contributed by atoms with Crippen molar-refractivity contribution in [2.24, 2.45) is 0 Å². The number of carbonyl (C=O) groups is 2. The van der Waals surface area contributed by atoms with Crippen LogP contribution in [0.4, 0.5) is 4.79 Å². The van der Waals surface area contributed by atoms with Crippen molar-refractivity contribution < 1.29 is 19.2 Å². The van der Waals surface area contributed by atoms with Gasteiger partial charge in [0.2, 0.25) is 11.2 Å². The highest BCUT2D eigenvalue weighted by Crippen LogP contribution is 2.31. The molecule has 33 heavy (non-hydrogen) atoms. The van der Waals surface area contributed by atoms with E-state index in [2.05, 4.69) is 25.4 Å². The molecule has 1 atom stereocenters. The summed E-state index contributed by atoms with van der Waals surface area (Å²) in [5.41, 5.74) is 2.57. The van der Waals surface area contributed by atoms with E-state index in [4.69, 9.17) is 16.1 Å². The third-order valence-electron chi connectivity index (χ3n) is 5.34. The maximum absolute atomic E-state index is 12.9. The number of hydrogen-bond acceptors (Lipinski definition) is 7. The molecule has 0 radical (unpaired) electrons. The van der Waals surface area contributed by atoms with E-state index in [9.17, 15) is 14.7 Å². The van der Waals surface area contributed by atoms with Crippen LogP contribution in [0.1, 0.15) is 60.9 Å². The lowest BCUT2D eigenvalue weighted by Crippen LogP contribution is -2.32. The summed E-state index contributed by atoms with van der Waals surface area (Å²) in [5.74, 6) is -0.187. The van der Waals surface area contributed by atoms with Crippen molar-refractivity contribution in [1.29, 1.82) is 0 Å². The van der Waals surface area contributed by atoms with Gasteiger partial charge in [-0.3, -0.25) is 4.79 Å². The minimum Gasteiger partial charge on any atom is -0.465 e. The predicted octanol–water partition coefficient (Wildman–Crippen LogP) is 3.83. The lowest BCUT2D eigenvalue weighted by molar-refractivity contribution is 0.0919. The van der Waals surface area contributed by atoms with E-state index in [1.165, 1.54) is 4.90 Å². The number of benzene rings is 1. The van der Waals surface area contributed by atoms with Gasteiger partial charge in [0, 0.05) is 30.3 Å². The highest BCUT2D eigenvalue weighted by molar-refractivity contribution is 6.28. The van der Waals surface area contributed by atoms with E-state index in [-0.39, 0.29) is 29.6 Å². The molecular weight excluding hydrogens is 448 g/mol. The largest absolute Gasteiger partial charge is 0.465 e. The van der Waals surface area contributed by atoms with Crippen molar-refractivity contribution in [3.05, 3.63) is 58.6 Å². The molecule has 2 aromatic heterocycles. The van der Waals surface area contributed by atoms with E-state index < -0.39 is 18.0 Å². The number of nitrogens with one attached hydrogen (secondary N) is 1. The zero-order valence-electron chi connectivity index (χ0n) is 18.4. The van der Waals surface area contributed by atoms with Crippen LogP contribution in [0, 0.1) is 0 Å². The van der Waals surface area contributed by atoms with Crippen LogP contribution >= 0.6 is 11.6 Å². The molecule has 1 aliphatic rings. The molecule has 0 saturated heterocycles. The second-order valence-electron chi connectivity index (χ2n) is 8.82. The van der Waals surface area contributed by atoms with Gasteiger partial charge in [0.1, 0.15) is 0 Å². The summed E-state index contributed by atoms with van der Waals surface area (Å²) in [6.45, 7) is 6.16. The maximum Gasteiger partial charge on any atom is 0.407 e. The van der Waals surface area contributed by atoms with Gasteiger partial charge in [-0.05, 0) is 41.3 Å². The third-order valence-corrected chi connectivity index (χ3v) is 5.52. The van der Waals surface area contributed by atoms with E-state index in [0.29, 0.717) is 18.0 Å². The van der Waals surface area contributed by atoms with Crippen molar-refractivity contribution in [1.82, 2.24) is 30.3 Å². The Morgan fingerprint density at radius 1 is 1.24 bits per heavy atom. The Balaban J connectivity index is 1.65. The van der Waals surface area contributed by atoms with Gasteiger partial charge in [0.25, 0.3) is 11.7 Å². The molecule has 1 aliphatic heterocycles. The first-order chi connectivity index (χ1) is 15.6. The molecule has 1 aromatic carbocycles. The van der Waals surface area contributed by atoms with Crippen molar-refractivity contribution in [3.63, 3.8) is 0 Å². The van der Waals surface area contributed by atoms with Crippen LogP contribution in [0.15, 0.2) is 35.0 Å². The first-order valence-electron chi connectivity index (χ1n) is 10.4. The lowest BCUT2D eigenvalue weighted by atomic mass is 9.96. The van der Waals surface area contributed by atoms with Gasteiger partial charge in [0.05, 0.1) is 11.7 Å². The summed E-state index contributed by atoms with van der Waals surface area (Å²) in [6.07, 6.45) is 0.921. The van der Waals surface area contributed by atoms with E-state index in [1.807, 2.05) is 39.0 Å². The van der Waals surface area contributed by atoms with Gasteiger partial charge in [-0.2, -0.15) is 4.98 Å². The molecule has 0 aliphatic carbocycles. The Labute approximate surface area is 195 Å². The molecule has 0 bridgehead atoms. The van der Waals surface area contributed by atoms with Crippen molar-refractivity contribution in [3.8, 4) is 11.3 Å². The second kappa shape index (κ2) is 8.78. The number of carbonyl (C=O) groups excluding carboxylic acids is 1. The molecule has 4 rings (SSSR count). The SMILES string of the molecule is CC(C)(C)c1nc(C(=O)N[C@@H]2CCN(C(=O)O)Cc3cc(-c4ccnc(Cl)n4)ccc32)no1. The average Bonchev–Trinajstić information content (AvgIpc) is 3.19. The first-order valence-corrected chi connectivity index (χ1v) is 10.7. The summed E-state index contributed by atoms with van der Waals surface area (Å²) >= 11 is 5.92. The number of aromatic nitrogens is 4. The number of nitrogens with zero attached hydrogens (tertiary/aromatic N) is 5. The molecule has 11 heteroatoms. The summed E-state index contributed by atoms with van der Waals surface area (Å²) in [6, 6.07) is 6.88. The topological polar surface area (TPSA) is 134 Å². The molecule has 0 saturated carbocycles. The molecular formula is C22H23ClN6O4. The average molecular weight is 471 g/mol. The molecule has 2 amide bonds. The van der Waals surface area contributed by atoms with Crippen LogP contribution in [-0.2, 0) is 12.0 Å². The predicted molar refractivity (Wildman–Crippen MR) is 119 cm³/mol. The van der Waals surface area contributed by atoms with Gasteiger partial charge >= 0.3 is 6.09 Å². The first kappa shape index (κ1) is 22.7. The Bertz CT molecular complexity index is 1210. The Kier molecular flexibility index (Phi) is 6.03. The minimum absolute atomic E-state index is 0.0620. The lowest BCUT2D eigenvalue weighted by Gasteiger charge is -2.18. The molecule has 0 spiro atoms. The van der Waals surface area contributed by atoms with E-state index in [0.717, 1.165) is 16.7 Å². The number of fused-ring (bicyclic) bond motifs is 1. The fourth-order valence-corrected chi connectivity index (χ4v) is 3.77. The zero-order chi connectivity index (χ0) is 23.8. The van der Waals surface area contributed by atoms with Crippen molar-refractivity contribution >= 4 is 23.6 Å². The summed E-state index contributed by atoms with van der Waals surface area (Å²) in [5, 5.41) is 16.5. The number of carboxylic acid groups (broad SMARTS) is 1. The monoisotopic (exact) mass is 470 g/mol. The molecule has 10 nitrogen and oxygen atoms in total. The fourth-order valence-electron chi connectivity index (χ4n) is 3.62. The third kappa shape index (κ3) is 4.95. The fraction of sp³-hybridized carbons (Fsp3) is 0.364. The summed E-state index contributed by atoms with van der Waals surface area (Å²) in [7, 11) is 0. The van der Waals surface area contributed by atoms with Gasteiger partial charge in [0.15, 0.2) is 0 Å². The molecule has 0 fully saturated rings.